The van der Waals surface area contributed by atoms with Gasteiger partial charge in [0.2, 0.25) is 5.95 Å². The van der Waals surface area contributed by atoms with Gasteiger partial charge in [-0.3, -0.25) is 0 Å². The third-order valence-corrected chi connectivity index (χ3v) is 5.52. The van der Waals surface area contributed by atoms with Crippen LogP contribution in [0, 0.1) is 24.5 Å². The van der Waals surface area contributed by atoms with Crippen molar-refractivity contribution in [1.29, 1.82) is 0 Å². The fourth-order valence-electron chi connectivity index (χ4n) is 4.05. The summed E-state index contributed by atoms with van der Waals surface area (Å²) >= 11 is 0. The van der Waals surface area contributed by atoms with Crippen molar-refractivity contribution in [2.24, 2.45) is 5.92 Å². The van der Waals surface area contributed by atoms with E-state index in [0.717, 1.165) is 17.5 Å². The van der Waals surface area contributed by atoms with E-state index in [9.17, 15) is 24.1 Å². The summed E-state index contributed by atoms with van der Waals surface area (Å²) < 4.78 is 28.4. The molecule has 1 fully saturated rings. The standard InChI is InChI=1S/C19H20F2N4O3/c1-8-10-4-5-25(18(10)24-19(22)23-8)14-7-11(16(27)17(14)28)15(26)9-2-3-12(20)13(21)6-9/h2-6,11,14-17,26-28H,7H2,1H3,(H2,22,23,24)/t11?,14?,15?,16-,17+/m1/s1. The van der Waals surface area contributed by atoms with Gasteiger partial charge in [-0.15, -0.1) is 0 Å². The highest BCUT2D eigenvalue weighted by atomic mass is 19.2. The van der Waals surface area contributed by atoms with Crippen molar-refractivity contribution in [3.8, 4) is 0 Å². The average molecular weight is 390 g/mol. The predicted octanol–water partition coefficient (Wildman–Crippen LogP) is 1.62. The Balaban J connectivity index is 1.67. The Morgan fingerprint density at radius 2 is 1.89 bits per heavy atom. The quantitative estimate of drug-likeness (QED) is 0.540. The minimum absolute atomic E-state index is 0.0938. The lowest BCUT2D eigenvalue weighted by Crippen LogP contribution is -2.31. The molecule has 1 aliphatic rings. The molecule has 5 atom stereocenters. The fourth-order valence-corrected chi connectivity index (χ4v) is 4.05. The predicted molar refractivity (Wildman–Crippen MR) is 97.2 cm³/mol. The molecule has 1 aliphatic carbocycles. The molecule has 3 unspecified atom stereocenters. The van der Waals surface area contributed by atoms with Crippen LogP contribution in [0.15, 0.2) is 30.5 Å². The molecule has 0 bridgehead atoms. The third-order valence-electron chi connectivity index (χ3n) is 5.52. The van der Waals surface area contributed by atoms with Crippen LogP contribution in [0.1, 0.15) is 29.8 Å². The molecule has 1 saturated carbocycles. The number of nitrogens with two attached hydrogens (primary N) is 1. The SMILES string of the molecule is Cc1nc(N)nc2c1ccn2C1CC(C(O)c2ccc(F)c(F)c2)[C@@H](O)[C@H]1O. The van der Waals surface area contributed by atoms with Gasteiger partial charge in [-0.25, -0.2) is 13.8 Å². The number of fused-ring (bicyclic) bond motifs is 1. The smallest absolute Gasteiger partial charge is 0.222 e. The van der Waals surface area contributed by atoms with E-state index in [1.807, 2.05) is 0 Å². The van der Waals surface area contributed by atoms with Crippen molar-refractivity contribution in [3.63, 3.8) is 0 Å². The molecule has 9 heteroatoms. The van der Waals surface area contributed by atoms with Crippen LogP contribution in [0.5, 0.6) is 0 Å². The molecule has 3 aromatic rings. The molecule has 2 aromatic heterocycles. The maximum Gasteiger partial charge on any atom is 0.222 e. The van der Waals surface area contributed by atoms with Crippen molar-refractivity contribution >= 4 is 17.0 Å². The highest BCUT2D eigenvalue weighted by Gasteiger charge is 2.46. The second-order valence-electron chi connectivity index (χ2n) is 7.19. The van der Waals surface area contributed by atoms with Gasteiger partial charge in [0.1, 0.15) is 11.8 Å². The van der Waals surface area contributed by atoms with Gasteiger partial charge >= 0.3 is 0 Å². The van der Waals surface area contributed by atoms with E-state index in [4.69, 9.17) is 5.73 Å². The Labute approximate surface area is 159 Å². The maximum atomic E-state index is 13.5. The van der Waals surface area contributed by atoms with Gasteiger partial charge in [0, 0.05) is 17.5 Å². The first kappa shape index (κ1) is 18.7. The number of nitrogens with zero attached hydrogens (tertiary/aromatic N) is 3. The van der Waals surface area contributed by atoms with Crippen LogP contribution in [0.3, 0.4) is 0 Å². The molecule has 1 aromatic carbocycles. The third kappa shape index (κ3) is 2.92. The Morgan fingerprint density at radius 1 is 1.14 bits per heavy atom. The summed E-state index contributed by atoms with van der Waals surface area (Å²) in [5, 5.41) is 32.5. The van der Waals surface area contributed by atoms with E-state index >= 15 is 0 Å². The van der Waals surface area contributed by atoms with E-state index in [-0.39, 0.29) is 17.9 Å². The first-order chi connectivity index (χ1) is 13.3. The average Bonchev–Trinajstić information content (AvgIpc) is 3.19. The van der Waals surface area contributed by atoms with E-state index in [1.54, 1.807) is 23.8 Å². The van der Waals surface area contributed by atoms with E-state index in [1.165, 1.54) is 6.07 Å². The molecule has 7 nitrogen and oxygen atoms in total. The van der Waals surface area contributed by atoms with Crippen molar-refractivity contribution in [1.82, 2.24) is 14.5 Å². The van der Waals surface area contributed by atoms with Crippen molar-refractivity contribution in [2.75, 3.05) is 5.73 Å². The molecule has 0 spiro atoms. The summed E-state index contributed by atoms with van der Waals surface area (Å²) in [5.41, 5.74) is 7.08. The largest absolute Gasteiger partial charge is 0.390 e. The molecule has 4 rings (SSSR count). The van der Waals surface area contributed by atoms with Crippen LogP contribution in [0.2, 0.25) is 0 Å². The summed E-state index contributed by atoms with van der Waals surface area (Å²) in [5.74, 6) is -2.79. The molecular weight excluding hydrogens is 370 g/mol. The van der Waals surface area contributed by atoms with Gasteiger partial charge in [0.15, 0.2) is 11.6 Å². The van der Waals surface area contributed by atoms with Crippen LogP contribution >= 0.6 is 0 Å². The Kier molecular flexibility index (Phi) is 4.53. The van der Waals surface area contributed by atoms with Gasteiger partial charge in [0.05, 0.1) is 23.9 Å². The van der Waals surface area contributed by atoms with Gasteiger partial charge < -0.3 is 25.6 Å². The molecule has 0 radical (unpaired) electrons. The molecule has 2 heterocycles. The van der Waals surface area contributed by atoms with Crippen LogP contribution in [-0.2, 0) is 0 Å². The summed E-state index contributed by atoms with van der Waals surface area (Å²) in [6.45, 7) is 1.79. The maximum absolute atomic E-state index is 13.5. The zero-order chi connectivity index (χ0) is 20.2. The highest BCUT2D eigenvalue weighted by molar-refractivity contribution is 5.79. The van der Waals surface area contributed by atoms with Gasteiger partial charge in [-0.05, 0) is 37.1 Å². The Morgan fingerprint density at radius 3 is 2.61 bits per heavy atom. The van der Waals surface area contributed by atoms with E-state index in [2.05, 4.69) is 9.97 Å². The lowest BCUT2D eigenvalue weighted by molar-refractivity contribution is -0.0265. The molecule has 28 heavy (non-hydrogen) atoms. The van der Waals surface area contributed by atoms with Crippen LogP contribution < -0.4 is 5.73 Å². The summed E-state index contributed by atoms with van der Waals surface area (Å²) in [6, 6.07) is 4.30. The minimum Gasteiger partial charge on any atom is -0.390 e. The lowest BCUT2D eigenvalue weighted by atomic mass is 9.92. The molecule has 148 valence electrons. The zero-order valence-electron chi connectivity index (χ0n) is 15.0. The molecule has 5 N–H and O–H groups in total. The van der Waals surface area contributed by atoms with Gasteiger partial charge in [-0.2, -0.15) is 4.98 Å². The van der Waals surface area contributed by atoms with Crippen molar-refractivity contribution in [2.45, 2.75) is 37.7 Å². The Bertz CT molecular complexity index is 1040. The number of benzene rings is 1. The number of aryl methyl sites for hydroxylation is 1. The first-order valence-corrected chi connectivity index (χ1v) is 8.87. The molecule has 0 aliphatic heterocycles. The van der Waals surface area contributed by atoms with Gasteiger partial charge in [0.25, 0.3) is 0 Å². The lowest BCUT2D eigenvalue weighted by Gasteiger charge is -2.22. The fraction of sp³-hybridized carbons (Fsp3) is 0.368. The monoisotopic (exact) mass is 390 g/mol. The van der Waals surface area contributed by atoms with E-state index in [0.29, 0.717) is 11.3 Å². The normalized spacial score (nSPS) is 26.1. The second-order valence-corrected chi connectivity index (χ2v) is 7.19. The number of aliphatic hydroxyl groups is 3. The zero-order valence-corrected chi connectivity index (χ0v) is 15.0. The number of anilines is 1. The number of rotatable bonds is 3. The van der Waals surface area contributed by atoms with Gasteiger partial charge in [-0.1, -0.05) is 6.07 Å². The van der Waals surface area contributed by atoms with Crippen molar-refractivity contribution < 1.29 is 24.1 Å². The number of hydrogen-bond donors (Lipinski definition) is 4. The second kappa shape index (κ2) is 6.77. The summed E-state index contributed by atoms with van der Waals surface area (Å²) in [7, 11) is 0. The number of halogens is 2. The number of hydrogen-bond acceptors (Lipinski definition) is 6. The van der Waals surface area contributed by atoms with E-state index < -0.39 is 41.9 Å². The molecule has 0 amide bonds. The van der Waals surface area contributed by atoms with Crippen LogP contribution in [0.4, 0.5) is 14.7 Å². The number of nitrogen functional groups attached to an aromatic ring is 1. The first-order valence-electron chi connectivity index (χ1n) is 8.87. The van der Waals surface area contributed by atoms with Crippen LogP contribution in [-0.4, -0.2) is 42.1 Å². The summed E-state index contributed by atoms with van der Waals surface area (Å²) in [6.07, 6.45) is -1.79. The molecular formula is C19H20F2N4O3. The minimum atomic E-state index is -1.27. The Hall–Kier alpha value is -2.62. The number of aromatic nitrogens is 3. The number of aliphatic hydroxyl groups excluding tert-OH is 3. The summed E-state index contributed by atoms with van der Waals surface area (Å²) in [4.78, 5) is 8.34. The topological polar surface area (TPSA) is 117 Å². The highest BCUT2D eigenvalue weighted by Crippen LogP contribution is 2.43. The molecule has 0 saturated heterocycles. The van der Waals surface area contributed by atoms with Crippen LogP contribution in [0.25, 0.3) is 11.0 Å². The van der Waals surface area contributed by atoms with Crippen molar-refractivity contribution in [3.05, 3.63) is 53.4 Å².